The van der Waals surface area contributed by atoms with E-state index in [1.165, 1.54) is 36.7 Å². The number of para-hydroxylation sites is 1. The highest BCUT2D eigenvalue weighted by Gasteiger charge is 2.16. The van der Waals surface area contributed by atoms with Crippen molar-refractivity contribution in [3.05, 3.63) is 48.3 Å². The largest absolute Gasteiger partial charge is 0.434 e. The third-order valence-corrected chi connectivity index (χ3v) is 2.45. The molecule has 0 unspecified atom stereocenters. The molecule has 0 aliphatic carbocycles. The van der Waals surface area contributed by atoms with Crippen LogP contribution in [0.4, 0.5) is 20.2 Å². The maximum Gasteiger partial charge on any atom is 0.387 e. The van der Waals surface area contributed by atoms with Crippen molar-refractivity contribution in [1.29, 1.82) is 0 Å². The topological polar surface area (TPSA) is 77.2 Å². The molecule has 20 heavy (non-hydrogen) atoms. The quantitative estimate of drug-likeness (QED) is 0.901. The number of halogens is 2. The number of nitrogens with two attached hydrogens (primary N) is 1. The Bertz CT molecular complexity index is 620. The van der Waals surface area contributed by atoms with Gasteiger partial charge in [0.15, 0.2) is 0 Å². The van der Waals surface area contributed by atoms with Crippen LogP contribution in [0.15, 0.2) is 42.7 Å². The fraction of sp³-hybridized carbons (Fsp3) is 0.0769. The Hall–Kier alpha value is -2.70. The molecule has 0 aliphatic heterocycles. The van der Waals surface area contributed by atoms with Crippen LogP contribution in [0, 0.1) is 0 Å². The van der Waals surface area contributed by atoms with Crippen LogP contribution < -0.4 is 15.8 Å². The number of benzene rings is 1. The zero-order chi connectivity index (χ0) is 14.5. The van der Waals surface area contributed by atoms with Crippen LogP contribution in [-0.2, 0) is 0 Å². The number of aromatic nitrogens is 1. The van der Waals surface area contributed by atoms with Crippen molar-refractivity contribution in [2.24, 2.45) is 0 Å². The predicted molar refractivity (Wildman–Crippen MR) is 69.7 cm³/mol. The summed E-state index contributed by atoms with van der Waals surface area (Å²) in [5.41, 5.74) is 6.24. The van der Waals surface area contributed by atoms with E-state index in [-0.39, 0.29) is 17.0 Å². The number of carbonyl (C=O) groups excluding carboxylic acids is 1. The van der Waals surface area contributed by atoms with Crippen molar-refractivity contribution in [2.75, 3.05) is 11.1 Å². The molecule has 7 heteroatoms. The lowest BCUT2D eigenvalue weighted by Crippen LogP contribution is -2.15. The number of nitrogen functional groups attached to an aromatic ring is 1. The zero-order valence-corrected chi connectivity index (χ0v) is 10.2. The van der Waals surface area contributed by atoms with E-state index >= 15 is 0 Å². The number of anilines is 2. The smallest absolute Gasteiger partial charge is 0.387 e. The van der Waals surface area contributed by atoms with E-state index < -0.39 is 12.5 Å². The molecule has 2 aromatic rings. The highest BCUT2D eigenvalue weighted by molar-refractivity contribution is 6.07. The first-order chi connectivity index (χ1) is 9.58. The fourth-order valence-electron chi connectivity index (χ4n) is 1.56. The lowest BCUT2D eigenvalue weighted by molar-refractivity contribution is -0.0501. The molecule has 0 fully saturated rings. The van der Waals surface area contributed by atoms with E-state index in [1.54, 1.807) is 6.07 Å². The Morgan fingerprint density at radius 1 is 1.30 bits per heavy atom. The maximum atomic E-state index is 12.3. The molecular formula is C13H11F2N3O2. The highest BCUT2D eigenvalue weighted by atomic mass is 19.3. The second-order valence-electron chi connectivity index (χ2n) is 3.79. The van der Waals surface area contributed by atoms with Crippen molar-refractivity contribution in [2.45, 2.75) is 6.61 Å². The maximum absolute atomic E-state index is 12.3. The number of ether oxygens (including phenoxy) is 1. The van der Waals surface area contributed by atoms with Gasteiger partial charge in [0.25, 0.3) is 5.91 Å². The molecule has 2 rings (SSSR count). The summed E-state index contributed by atoms with van der Waals surface area (Å²) in [6.45, 7) is -3.00. The molecule has 0 saturated heterocycles. The molecule has 0 atom stereocenters. The van der Waals surface area contributed by atoms with E-state index in [9.17, 15) is 13.6 Å². The van der Waals surface area contributed by atoms with Gasteiger partial charge in [0.05, 0.1) is 23.1 Å². The monoisotopic (exact) mass is 279 g/mol. The van der Waals surface area contributed by atoms with Gasteiger partial charge in [0.1, 0.15) is 5.75 Å². The lowest BCUT2D eigenvalue weighted by atomic mass is 10.2. The first-order valence-electron chi connectivity index (χ1n) is 5.62. The van der Waals surface area contributed by atoms with Gasteiger partial charge in [-0.05, 0) is 18.2 Å². The Morgan fingerprint density at radius 3 is 2.75 bits per heavy atom. The summed E-state index contributed by atoms with van der Waals surface area (Å²) in [6, 6.07) is 7.21. The number of carbonyl (C=O) groups is 1. The third-order valence-electron chi connectivity index (χ3n) is 2.45. The van der Waals surface area contributed by atoms with Crippen LogP contribution in [0.3, 0.4) is 0 Å². The average molecular weight is 279 g/mol. The van der Waals surface area contributed by atoms with Gasteiger partial charge in [-0.1, -0.05) is 12.1 Å². The number of nitrogens with one attached hydrogen (secondary N) is 1. The molecule has 3 N–H and O–H groups in total. The van der Waals surface area contributed by atoms with Crippen LogP contribution in [0.2, 0.25) is 0 Å². The first kappa shape index (κ1) is 13.7. The third kappa shape index (κ3) is 3.19. The van der Waals surface area contributed by atoms with E-state index in [1.807, 2.05) is 0 Å². The summed E-state index contributed by atoms with van der Waals surface area (Å²) in [6.07, 6.45) is 2.82. The summed E-state index contributed by atoms with van der Waals surface area (Å²) in [7, 11) is 0. The standard InChI is InChI=1S/C13H11F2N3O2/c14-13(15)20-11-4-2-1-3-8(11)12(19)18-10-5-6-17-7-9(10)16/h1-7,13H,16H2,(H,17,18,19). The summed E-state index contributed by atoms with van der Waals surface area (Å²) in [4.78, 5) is 15.8. The van der Waals surface area contributed by atoms with Gasteiger partial charge in [-0.25, -0.2) is 0 Å². The van der Waals surface area contributed by atoms with Crippen molar-refractivity contribution in [3.8, 4) is 5.75 Å². The minimum absolute atomic E-state index is 0.0102. The molecule has 104 valence electrons. The molecule has 1 heterocycles. The molecule has 1 aromatic heterocycles. The fourth-order valence-corrected chi connectivity index (χ4v) is 1.56. The molecule has 5 nitrogen and oxygen atoms in total. The van der Waals surface area contributed by atoms with Gasteiger partial charge < -0.3 is 15.8 Å². The Labute approximate surface area is 113 Å². The predicted octanol–water partition coefficient (Wildman–Crippen LogP) is 2.52. The molecule has 1 amide bonds. The van der Waals surface area contributed by atoms with E-state index in [2.05, 4.69) is 15.0 Å². The normalized spacial score (nSPS) is 10.3. The summed E-state index contributed by atoms with van der Waals surface area (Å²) < 4.78 is 28.8. The molecule has 0 spiro atoms. The van der Waals surface area contributed by atoms with E-state index in [0.29, 0.717) is 5.69 Å². The van der Waals surface area contributed by atoms with E-state index in [4.69, 9.17) is 5.73 Å². The van der Waals surface area contributed by atoms with Gasteiger partial charge in [-0.3, -0.25) is 9.78 Å². The van der Waals surface area contributed by atoms with Gasteiger partial charge in [0.2, 0.25) is 0 Å². The summed E-state index contributed by atoms with van der Waals surface area (Å²) in [5, 5.41) is 2.51. The van der Waals surface area contributed by atoms with Gasteiger partial charge in [-0.15, -0.1) is 0 Å². The van der Waals surface area contributed by atoms with Crippen LogP contribution in [0.1, 0.15) is 10.4 Å². The first-order valence-corrected chi connectivity index (χ1v) is 5.62. The minimum Gasteiger partial charge on any atom is -0.434 e. The van der Waals surface area contributed by atoms with Crippen molar-refractivity contribution in [1.82, 2.24) is 4.98 Å². The molecule has 1 aromatic carbocycles. The molecule has 0 bridgehead atoms. The Kier molecular flexibility index (Phi) is 4.09. The number of pyridine rings is 1. The molecule has 0 radical (unpaired) electrons. The Balaban J connectivity index is 2.23. The second kappa shape index (κ2) is 5.96. The van der Waals surface area contributed by atoms with Crippen LogP contribution in [-0.4, -0.2) is 17.5 Å². The Morgan fingerprint density at radius 2 is 2.05 bits per heavy atom. The van der Waals surface area contributed by atoms with Crippen LogP contribution in [0.25, 0.3) is 0 Å². The molecular weight excluding hydrogens is 268 g/mol. The SMILES string of the molecule is Nc1cnccc1NC(=O)c1ccccc1OC(F)F. The van der Waals surface area contributed by atoms with E-state index in [0.717, 1.165) is 0 Å². The number of rotatable bonds is 4. The number of hydrogen-bond acceptors (Lipinski definition) is 4. The van der Waals surface area contributed by atoms with Crippen molar-refractivity contribution >= 4 is 17.3 Å². The number of alkyl halides is 2. The average Bonchev–Trinajstić information content (AvgIpc) is 2.41. The van der Waals surface area contributed by atoms with Crippen molar-refractivity contribution in [3.63, 3.8) is 0 Å². The molecule has 0 aliphatic rings. The molecule has 0 saturated carbocycles. The van der Waals surface area contributed by atoms with Gasteiger partial charge in [-0.2, -0.15) is 8.78 Å². The van der Waals surface area contributed by atoms with Gasteiger partial charge in [0, 0.05) is 6.20 Å². The van der Waals surface area contributed by atoms with Crippen LogP contribution in [0.5, 0.6) is 5.75 Å². The van der Waals surface area contributed by atoms with Crippen molar-refractivity contribution < 1.29 is 18.3 Å². The number of hydrogen-bond donors (Lipinski definition) is 2. The lowest BCUT2D eigenvalue weighted by Gasteiger charge is -2.11. The highest BCUT2D eigenvalue weighted by Crippen LogP contribution is 2.23. The summed E-state index contributed by atoms with van der Waals surface area (Å²) >= 11 is 0. The minimum atomic E-state index is -3.00. The second-order valence-corrected chi connectivity index (χ2v) is 3.79. The summed E-state index contributed by atoms with van der Waals surface area (Å²) in [5.74, 6) is -0.799. The number of nitrogens with zero attached hydrogens (tertiary/aromatic N) is 1. The van der Waals surface area contributed by atoms with Gasteiger partial charge >= 0.3 is 6.61 Å². The zero-order valence-electron chi connectivity index (χ0n) is 10.2. The van der Waals surface area contributed by atoms with Crippen LogP contribution >= 0.6 is 0 Å². The number of amides is 1.